The predicted molar refractivity (Wildman–Crippen MR) is 90.4 cm³/mol. The van der Waals surface area contributed by atoms with Crippen molar-refractivity contribution < 1.29 is 4.79 Å². The molecule has 5 heteroatoms. The molecule has 0 aromatic heterocycles. The Hall–Kier alpha value is -1.46. The number of nitrogens with two attached hydrogens (primary N) is 1. The molecule has 0 saturated carbocycles. The molecule has 21 heavy (non-hydrogen) atoms. The molecule has 1 unspecified atom stereocenters. The maximum atomic E-state index is 12.3. The van der Waals surface area contributed by atoms with Crippen LogP contribution in [0.25, 0.3) is 0 Å². The van der Waals surface area contributed by atoms with E-state index in [1.807, 2.05) is 48.5 Å². The summed E-state index contributed by atoms with van der Waals surface area (Å²) in [5.74, 6) is 0.530. The fourth-order valence-electron chi connectivity index (χ4n) is 2.62. The second-order valence-electron chi connectivity index (χ2n) is 5.00. The molecule has 0 fully saturated rings. The first kappa shape index (κ1) is 14.5. The fourth-order valence-corrected chi connectivity index (χ4v) is 4.09. The van der Waals surface area contributed by atoms with Crippen LogP contribution in [0.5, 0.6) is 0 Å². The van der Waals surface area contributed by atoms with Gasteiger partial charge in [-0.05, 0) is 36.8 Å². The second-order valence-corrected chi connectivity index (χ2v) is 7.05. The molecule has 2 aromatic carbocycles. The Morgan fingerprint density at radius 3 is 2.62 bits per heavy atom. The van der Waals surface area contributed by atoms with Gasteiger partial charge in [0, 0.05) is 26.4 Å². The summed E-state index contributed by atoms with van der Waals surface area (Å²) in [6, 6.07) is 15.7. The molecule has 1 atom stereocenters. The van der Waals surface area contributed by atoms with Crippen LogP contribution in [0.15, 0.2) is 57.9 Å². The standard InChI is InChI=1S/C16H15BrN2OS/c17-11-5-7-12(8-6-11)19-16(15(18)20)9-10-21-14-4-2-1-3-13(14)16/h1-8,19H,9-10H2,(H2,18,20). The second kappa shape index (κ2) is 5.73. The van der Waals surface area contributed by atoms with Crippen molar-refractivity contribution in [3.05, 3.63) is 58.6 Å². The van der Waals surface area contributed by atoms with Gasteiger partial charge >= 0.3 is 0 Å². The first-order valence-electron chi connectivity index (χ1n) is 6.68. The third-order valence-corrected chi connectivity index (χ3v) is 5.31. The van der Waals surface area contributed by atoms with Crippen LogP contribution in [-0.2, 0) is 10.3 Å². The van der Waals surface area contributed by atoms with Gasteiger partial charge in [-0.1, -0.05) is 34.1 Å². The highest BCUT2D eigenvalue weighted by Gasteiger charge is 2.42. The van der Waals surface area contributed by atoms with Crippen LogP contribution in [0, 0.1) is 0 Å². The zero-order chi connectivity index (χ0) is 14.9. The SMILES string of the molecule is NC(=O)C1(Nc2ccc(Br)cc2)CCSc2ccccc21. The molecule has 0 saturated heterocycles. The highest BCUT2D eigenvalue weighted by atomic mass is 79.9. The normalized spacial score (nSPS) is 20.6. The number of fused-ring (bicyclic) bond motifs is 1. The number of nitrogens with one attached hydrogen (secondary N) is 1. The summed E-state index contributed by atoms with van der Waals surface area (Å²) in [7, 11) is 0. The van der Waals surface area contributed by atoms with Gasteiger partial charge in [0.05, 0.1) is 0 Å². The van der Waals surface area contributed by atoms with E-state index >= 15 is 0 Å². The largest absolute Gasteiger partial charge is 0.368 e. The summed E-state index contributed by atoms with van der Waals surface area (Å²) in [6.07, 6.45) is 0.681. The Labute approximate surface area is 136 Å². The molecule has 3 N–H and O–H groups in total. The van der Waals surface area contributed by atoms with E-state index in [1.165, 1.54) is 0 Å². The summed E-state index contributed by atoms with van der Waals surface area (Å²) in [6.45, 7) is 0. The fraction of sp³-hybridized carbons (Fsp3) is 0.188. The van der Waals surface area contributed by atoms with Crippen LogP contribution in [-0.4, -0.2) is 11.7 Å². The van der Waals surface area contributed by atoms with E-state index in [9.17, 15) is 4.79 Å². The van der Waals surface area contributed by atoms with E-state index < -0.39 is 5.54 Å². The first-order valence-corrected chi connectivity index (χ1v) is 8.46. The number of anilines is 1. The van der Waals surface area contributed by atoms with Gasteiger partial charge < -0.3 is 11.1 Å². The highest BCUT2D eigenvalue weighted by molar-refractivity contribution is 9.10. The van der Waals surface area contributed by atoms with Gasteiger partial charge in [0.25, 0.3) is 0 Å². The number of hydrogen-bond acceptors (Lipinski definition) is 3. The van der Waals surface area contributed by atoms with E-state index in [2.05, 4.69) is 21.2 Å². The van der Waals surface area contributed by atoms with Crippen LogP contribution in [0.2, 0.25) is 0 Å². The average molecular weight is 363 g/mol. The minimum absolute atomic E-state index is 0.335. The van der Waals surface area contributed by atoms with Gasteiger partial charge in [-0.3, -0.25) is 4.79 Å². The zero-order valence-electron chi connectivity index (χ0n) is 11.3. The summed E-state index contributed by atoms with van der Waals surface area (Å²) in [5.41, 5.74) is 6.79. The molecule has 0 spiro atoms. The summed E-state index contributed by atoms with van der Waals surface area (Å²) < 4.78 is 1.00. The van der Waals surface area contributed by atoms with Crippen molar-refractivity contribution in [1.82, 2.24) is 0 Å². The van der Waals surface area contributed by atoms with Crippen LogP contribution >= 0.6 is 27.7 Å². The van der Waals surface area contributed by atoms with Crippen molar-refractivity contribution in [3.8, 4) is 0 Å². The van der Waals surface area contributed by atoms with Crippen molar-refractivity contribution in [1.29, 1.82) is 0 Å². The number of thioether (sulfide) groups is 1. The molecule has 1 heterocycles. The van der Waals surface area contributed by atoms with Crippen LogP contribution in [0.4, 0.5) is 5.69 Å². The molecule has 3 rings (SSSR count). The summed E-state index contributed by atoms with van der Waals surface area (Å²) >= 11 is 5.18. The Balaban J connectivity index is 2.05. The lowest BCUT2D eigenvalue weighted by Gasteiger charge is -2.37. The van der Waals surface area contributed by atoms with Gasteiger partial charge in [0.1, 0.15) is 5.54 Å². The smallest absolute Gasteiger partial charge is 0.247 e. The maximum absolute atomic E-state index is 12.3. The first-order chi connectivity index (χ1) is 10.1. The lowest BCUT2D eigenvalue weighted by molar-refractivity contribution is -0.122. The lowest BCUT2D eigenvalue weighted by Crippen LogP contribution is -2.49. The van der Waals surface area contributed by atoms with Gasteiger partial charge in [0.2, 0.25) is 5.91 Å². The maximum Gasteiger partial charge on any atom is 0.247 e. The van der Waals surface area contributed by atoms with Crippen molar-refractivity contribution in [2.75, 3.05) is 11.1 Å². The highest BCUT2D eigenvalue weighted by Crippen LogP contribution is 2.42. The Bertz CT molecular complexity index is 674. The van der Waals surface area contributed by atoms with Gasteiger partial charge in [-0.2, -0.15) is 0 Å². The minimum atomic E-state index is -0.838. The van der Waals surface area contributed by atoms with E-state index in [-0.39, 0.29) is 5.91 Å². The van der Waals surface area contributed by atoms with Crippen molar-refractivity contribution >= 4 is 39.3 Å². The molecule has 1 amide bonds. The summed E-state index contributed by atoms with van der Waals surface area (Å²) in [5, 5.41) is 3.37. The lowest BCUT2D eigenvalue weighted by atomic mass is 9.85. The van der Waals surface area contributed by atoms with Crippen LogP contribution in [0.3, 0.4) is 0 Å². The number of hydrogen-bond donors (Lipinski definition) is 2. The minimum Gasteiger partial charge on any atom is -0.368 e. The Morgan fingerprint density at radius 1 is 1.19 bits per heavy atom. The van der Waals surface area contributed by atoms with Crippen LogP contribution < -0.4 is 11.1 Å². The monoisotopic (exact) mass is 362 g/mol. The van der Waals surface area contributed by atoms with Crippen molar-refractivity contribution in [2.24, 2.45) is 5.73 Å². The van der Waals surface area contributed by atoms with Crippen molar-refractivity contribution in [3.63, 3.8) is 0 Å². The molecule has 108 valence electrons. The number of benzene rings is 2. The number of rotatable bonds is 3. The molecule has 1 aliphatic heterocycles. The van der Waals surface area contributed by atoms with Gasteiger partial charge in [-0.15, -0.1) is 11.8 Å². The molecule has 0 radical (unpaired) electrons. The Morgan fingerprint density at radius 2 is 1.90 bits per heavy atom. The molecule has 0 bridgehead atoms. The molecule has 2 aromatic rings. The molecular weight excluding hydrogens is 348 g/mol. The van der Waals surface area contributed by atoms with E-state index in [1.54, 1.807) is 11.8 Å². The third kappa shape index (κ3) is 2.68. The van der Waals surface area contributed by atoms with Crippen molar-refractivity contribution in [2.45, 2.75) is 16.9 Å². The number of carbonyl (C=O) groups is 1. The molecule has 3 nitrogen and oxygen atoms in total. The molecule has 1 aliphatic rings. The number of primary amides is 1. The van der Waals surface area contributed by atoms with E-state index in [0.717, 1.165) is 26.4 Å². The van der Waals surface area contributed by atoms with E-state index in [4.69, 9.17) is 5.73 Å². The van der Waals surface area contributed by atoms with E-state index in [0.29, 0.717) is 6.42 Å². The molecular formula is C16H15BrN2OS. The number of carbonyl (C=O) groups excluding carboxylic acids is 1. The Kier molecular flexibility index (Phi) is 3.95. The predicted octanol–water partition coefficient (Wildman–Crippen LogP) is 3.74. The third-order valence-electron chi connectivity index (χ3n) is 3.70. The number of amides is 1. The number of halogens is 1. The molecule has 0 aliphatic carbocycles. The average Bonchev–Trinajstić information content (AvgIpc) is 2.50. The topological polar surface area (TPSA) is 55.1 Å². The van der Waals surface area contributed by atoms with Gasteiger partial charge in [-0.25, -0.2) is 0 Å². The summed E-state index contributed by atoms with van der Waals surface area (Å²) in [4.78, 5) is 13.4. The zero-order valence-corrected chi connectivity index (χ0v) is 13.7. The quantitative estimate of drug-likeness (QED) is 0.874. The van der Waals surface area contributed by atoms with Crippen LogP contribution in [0.1, 0.15) is 12.0 Å². The van der Waals surface area contributed by atoms with Gasteiger partial charge in [0.15, 0.2) is 0 Å².